The summed E-state index contributed by atoms with van der Waals surface area (Å²) in [5.41, 5.74) is 0.376. The van der Waals surface area contributed by atoms with E-state index in [-0.39, 0.29) is 18.9 Å². The average Bonchev–Trinajstić information content (AvgIpc) is 2.54. The Hall–Kier alpha value is -2.44. The Bertz CT molecular complexity index is 531. The van der Waals surface area contributed by atoms with Crippen molar-refractivity contribution >= 4 is 11.9 Å². The first-order valence-electron chi connectivity index (χ1n) is 8.09. The second kappa shape index (κ2) is 10.4. The molecular weight excluding hydrogens is 314 g/mol. The molecule has 1 aromatic rings. The highest BCUT2D eigenvalue weighted by molar-refractivity contribution is 5.95. The van der Waals surface area contributed by atoms with Gasteiger partial charge in [0.25, 0.3) is 5.91 Å². The van der Waals surface area contributed by atoms with Crippen LogP contribution in [0, 0.1) is 0 Å². The molecule has 0 unspecified atom stereocenters. The lowest BCUT2D eigenvalue weighted by molar-refractivity contribution is -0.137. The third-order valence-corrected chi connectivity index (χ3v) is 3.02. The zero-order valence-electron chi connectivity index (χ0n) is 14.4. The predicted octanol–water partition coefficient (Wildman–Crippen LogP) is 2.48. The summed E-state index contributed by atoms with van der Waals surface area (Å²) in [6.45, 7) is 7.12. The molecule has 7 nitrogen and oxygen atoms in total. The number of hydrogen-bond acceptors (Lipinski definition) is 5. The van der Waals surface area contributed by atoms with Gasteiger partial charge in [-0.25, -0.2) is 0 Å². The molecule has 0 atom stereocenters. The van der Waals surface area contributed by atoms with E-state index in [1.54, 1.807) is 12.1 Å². The van der Waals surface area contributed by atoms with Crippen molar-refractivity contribution in [3.8, 4) is 17.2 Å². The molecule has 0 aliphatic heterocycles. The lowest BCUT2D eigenvalue weighted by Gasteiger charge is -2.17. The lowest BCUT2D eigenvalue weighted by Crippen LogP contribution is -2.25. The fourth-order valence-corrected chi connectivity index (χ4v) is 2.06. The molecule has 0 fully saturated rings. The number of carbonyl (C=O) groups excluding carboxylic acids is 1. The maximum absolute atomic E-state index is 12.3. The van der Waals surface area contributed by atoms with E-state index in [1.807, 2.05) is 20.8 Å². The molecule has 2 N–H and O–H groups in total. The summed E-state index contributed by atoms with van der Waals surface area (Å²) in [6.07, 6.45) is 0.382. The monoisotopic (exact) mass is 339 g/mol. The van der Waals surface area contributed by atoms with E-state index in [0.29, 0.717) is 49.1 Å². The maximum Gasteiger partial charge on any atom is 0.303 e. The number of amides is 1. The molecule has 1 aromatic carbocycles. The van der Waals surface area contributed by atoms with Crippen LogP contribution in [0.15, 0.2) is 12.1 Å². The molecule has 0 heterocycles. The Morgan fingerprint density at radius 1 is 1.00 bits per heavy atom. The van der Waals surface area contributed by atoms with Crippen molar-refractivity contribution in [3.05, 3.63) is 17.7 Å². The van der Waals surface area contributed by atoms with Gasteiger partial charge in [0.2, 0.25) is 5.75 Å². The molecule has 0 spiro atoms. The van der Waals surface area contributed by atoms with E-state index >= 15 is 0 Å². The third kappa shape index (κ3) is 5.98. The van der Waals surface area contributed by atoms with Gasteiger partial charge in [-0.2, -0.15) is 0 Å². The van der Waals surface area contributed by atoms with E-state index in [0.717, 1.165) is 0 Å². The SMILES string of the molecule is CCOc1cc(C(=O)NCCCC(=O)O)cc(OCC)c1OCC. The van der Waals surface area contributed by atoms with Gasteiger partial charge in [0.05, 0.1) is 19.8 Å². The van der Waals surface area contributed by atoms with Crippen molar-refractivity contribution in [1.29, 1.82) is 0 Å². The van der Waals surface area contributed by atoms with Crippen molar-refractivity contribution in [2.24, 2.45) is 0 Å². The molecular formula is C17H25NO6. The topological polar surface area (TPSA) is 94.1 Å². The number of aliphatic carboxylic acids is 1. The first kappa shape index (κ1) is 19.6. The normalized spacial score (nSPS) is 10.1. The zero-order chi connectivity index (χ0) is 17.9. The van der Waals surface area contributed by atoms with Crippen LogP contribution in [0.2, 0.25) is 0 Å². The fraction of sp³-hybridized carbons (Fsp3) is 0.529. The standard InChI is InChI=1S/C17H25NO6/c1-4-22-13-10-12(17(21)18-9-7-8-15(19)20)11-14(23-5-2)16(13)24-6-3/h10-11H,4-9H2,1-3H3,(H,18,21)(H,19,20). The highest BCUT2D eigenvalue weighted by Gasteiger charge is 2.18. The van der Waals surface area contributed by atoms with Crippen molar-refractivity contribution in [1.82, 2.24) is 5.32 Å². The minimum absolute atomic E-state index is 0.0119. The zero-order valence-corrected chi connectivity index (χ0v) is 14.4. The van der Waals surface area contributed by atoms with E-state index in [2.05, 4.69) is 5.32 Å². The summed E-state index contributed by atoms with van der Waals surface area (Å²) < 4.78 is 16.7. The van der Waals surface area contributed by atoms with E-state index in [1.165, 1.54) is 0 Å². The predicted molar refractivity (Wildman–Crippen MR) is 89.2 cm³/mol. The quantitative estimate of drug-likeness (QED) is 0.602. The Morgan fingerprint density at radius 2 is 1.54 bits per heavy atom. The van der Waals surface area contributed by atoms with Gasteiger partial charge in [-0.05, 0) is 39.3 Å². The van der Waals surface area contributed by atoms with Crippen LogP contribution >= 0.6 is 0 Å². The fourth-order valence-electron chi connectivity index (χ4n) is 2.06. The second-order valence-electron chi connectivity index (χ2n) is 4.85. The minimum Gasteiger partial charge on any atom is -0.490 e. The number of benzene rings is 1. The first-order chi connectivity index (χ1) is 11.5. The molecule has 1 rings (SSSR count). The molecule has 0 radical (unpaired) electrons. The molecule has 7 heteroatoms. The Morgan fingerprint density at radius 3 is 2.00 bits per heavy atom. The van der Waals surface area contributed by atoms with E-state index < -0.39 is 5.97 Å². The third-order valence-electron chi connectivity index (χ3n) is 3.02. The molecule has 24 heavy (non-hydrogen) atoms. The van der Waals surface area contributed by atoms with Crippen LogP contribution in [0.1, 0.15) is 44.0 Å². The van der Waals surface area contributed by atoms with E-state index in [4.69, 9.17) is 19.3 Å². The van der Waals surface area contributed by atoms with Gasteiger partial charge < -0.3 is 24.6 Å². The van der Waals surface area contributed by atoms with Gasteiger partial charge in [-0.1, -0.05) is 0 Å². The Balaban J connectivity index is 2.96. The van der Waals surface area contributed by atoms with Gasteiger partial charge >= 0.3 is 5.97 Å². The summed E-state index contributed by atoms with van der Waals surface area (Å²) in [7, 11) is 0. The highest BCUT2D eigenvalue weighted by atomic mass is 16.5. The van der Waals surface area contributed by atoms with Crippen LogP contribution in [0.5, 0.6) is 17.2 Å². The van der Waals surface area contributed by atoms with Crippen LogP contribution in [-0.4, -0.2) is 43.3 Å². The lowest BCUT2D eigenvalue weighted by atomic mass is 10.1. The van der Waals surface area contributed by atoms with Crippen LogP contribution in [-0.2, 0) is 4.79 Å². The van der Waals surface area contributed by atoms with Crippen molar-refractivity contribution in [3.63, 3.8) is 0 Å². The number of carbonyl (C=O) groups is 2. The second-order valence-corrected chi connectivity index (χ2v) is 4.85. The number of hydrogen-bond donors (Lipinski definition) is 2. The number of carboxylic acid groups (broad SMARTS) is 1. The summed E-state index contributed by atoms with van der Waals surface area (Å²) in [4.78, 5) is 22.7. The summed E-state index contributed by atoms with van der Waals surface area (Å²) in [5.74, 6) is 0.165. The molecule has 134 valence electrons. The van der Waals surface area contributed by atoms with Crippen LogP contribution in [0.3, 0.4) is 0 Å². The van der Waals surface area contributed by atoms with Gasteiger partial charge in [0.1, 0.15) is 0 Å². The van der Waals surface area contributed by atoms with Crippen LogP contribution in [0.25, 0.3) is 0 Å². The minimum atomic E-state index is -0.886. The average molecular weight is 339 g/mol. The first-order valence-corrected chi connectivity index (χ1v) is 8.09. The summed E-state index contributed by atoms with van der Waals surface area (Å²) in [5, 5.41) is 11.3. The highest BCUT2D eigenvalue weighted by Crippen LogP contribution is 2.39. The van der Waals surface area contributed by atoms with Crippen molar-refractivity contribution in [2.45, 2.75) is 33.6 Å². The maximum atomic E-state index is 12.3. The molecule has 0 aromatic heterocycles. The number of rotatable bonds is 11. The molecule has 0 saturated heterocycles. The number of nitrogens with one attached hydrogen (secondary N) is 1. The van der Waals surface area contributed by atoms with E-state index in [9.17, 15) is 9.59 Å². The Labute approximate surface area is 141 Å². The summed E-state index contributed by atoms with van der Waals surface area (Å²) >= 11 is 0. The van der Waals surface area contributed by atoms with Gasteiger partial charge in [0, 0.05) is 18.5 Å². The smallest absolute Gasteiger partial charge is 0.303 e. The van der Waals surface area contributed by atoms with Gasteiger partial charge in [-0.3, -0.25) is 9.59 Å². The van der Waals surface area contributed by atoms with Gasteiger partial charge in [-0.15, -0.1) is 0 Å². The molecule has 0 saturated carbocycles. The van der Waals surface area contributed by atoms with Gasteiger partial charge in [0.15, 0.2) is 11.5 Å². The molecule has 0 aliphatic rings. The molecule has 0 bridgehead atoms. The molecule has 0 aliphatic carbocycles. The van der Waals surface area contributed by atoms with Crippen molar-refractivity contribution < 1.29 is 28.9 Å². The van der Waals surface area contributed by atoms with Crippen LogP contribution in [0.4, 0.5) is 0 Å². The Kier molecular flexibility index (Phi) is 8.46. The van der Waals surface area contributed by atoms with Crippen LogP contribution < -0.4 is 19.5 Å². The number of ether oxygens (including phenoxy) is 3. The van der Waals surface area contributed by atoms with Crippen molar-refractivity contribution in [2.75, 3.05) is 26.4 Å². The largest absolute Gasteiger partial charge is 0.490 e. The molecule has 1 amide bonds. The summed E-state index contributed by atoms with van der Waals surface area (Å²) in [6, 6.07) is 3.20. The number of carboxylic acids is 1.